The minimum Gasteiger partial charge on any atom is -0.318 e. The molecule has 2 atom stereocenters. The van der Waals surface area contributed by atoms with Crippen molar-refractivity contribution in [1.29, 1.82) is 0 Å². The molecule has 0 fully saturated rings. The van der Waals surface area contributed by atoms with E-state index in [9.17, 15) is 4.79 Å². The zero-order valence-corrected chi connectivity index (χ0v) is 10.1. The molecule has 0 saturated heterocycles. The van der Waals surface area contributed by atoms with Crippen molar-refractivity contribution in [2.24, 2.45) is 11.7 Å². The lowest BCUT2D eigenvalue weighted by Gasteiger charge is -2.14. The third-order valence-electron chi connectivity index (χ3n) is 2.84. The van der Waals surface area contributed by atoms with Crippen LogP contribution in [0.1, 0.15) is 44.7 Å². The largest absolute Gasteiger partial charge is 0.318 e. The zero-order chi connectivity index (χ0) is 12.0. The molecule has 0 radical (unpaired) electrons. The van der Waals surface area contributed by atoms with Gasteiger partial charge >= 0.3 is 0 Å². The summed E-state index contributed by atoms with van der Waals surface area (Å²) >= 11 is 0. The van der Waals surface area contributed by atoms with Crippen LogP contribution < -0.4 is 5.73 Å². The van der Waals surface area contributed by atoms with Crippen LogP contribution in [-0.4, -0.2) is 5.78 Å². The lowest BCUT2D eigenvalue weighted by atomic mass is 9.93. The molecule has 16 heavy (non-hydrogen) atoms. The quantitative estimate of drug-likeness (QED) is 0.799. The summed E-state index contributed by atoms with van der Waals surface area (Å²) in [5, 5.41) is 0. The Labute approximate surface area is 97.9 Å². The number of carbonyl (C=O) groups excluding carboxylic acids is 1. The molecule has 0 bridgehead atoms. The van der Waals surface area contributed by atoms with E-state index in [1.807, 2.05) is 30.3 Å². The van der Waals surface area contributed by atoms with E-state index in [0.717, 1.165) is 18.4 Å². The Balaban J connectivity index is 2.55. The minimum absolute atomic E-state index is 0.146. The molecule has 1 aromatic rings. The fraction of sp³-hybridized carbons (Fsp3) is 0.500. The molecular weight excluding hydrogens is 198 g/mol. The Kier molecular flexibility index (Phi) is 5.20. The summed E-state index contributed by atoms with van der Waals surface area (Å²) in [4.78, 5) is 11.9. The van der Waals surface area contributed by atoms with Gasteiger partial charge in [0.05, 0.1) is 6.04 Å². The lowest BCUT2D eigenvalue weighted by Crippen LogP contribution is -2.23. The molecule has 0 heterocycles. The van der Waals surface area contributed by atoms with Crippen molar-refractivity contribution in [3.8, 4) is 0 Å². The molecule has 2 N–H and O–H groups in total. The van der Waals surface area contributed by atoms with Gasteiger partial charge in [0.1, 0.15) is 0 Å². The molecule has 0 aliphatic carbocycles. The fourth-order valence-electron chi connectivity index (χ4n) is 1.91. The first kappa shape index (κ1) is 12.9. The predicted octanol–water partition coefficient (Wildman–Crippen LogP) is 3.08. The topological polar surface area (TPSA) is 43.1 Å². The average Bonchev–Trinajstić information content (AvgIpc) is 2.29. The van der Waals surface area contributed by atoms with Gasteiger partial charge in [-0.25, -0.2) is 0 Å². The number of hydrogen-bond donors (Lipinski definition) is 1. The third kappa shape index (κ3) is 3.78. The third-order valence-corrected chi connectivity index (χ3v) is 2.84. The van der Waals surface area contributed by atoms with E-state index in [2.05, 4.69) is 13.8 Å². The number of benzene rings is 1. The Morgan fingerprint density at radius 1 is 1.31 bits per heavy atom. The monoisotopic (exact) mass is 219 g/mol. The molecule has 0 amide bonds. The van der Waals surface area contributed by atoms with Crippen LogP contribution in [0.25, 0.3) is 0 Å². The summed E-state index contributed by atoms with van der Waals surface area (Å²) < 4.78 is 0. The maximum Gasteiger partial charge on any atom is 0.154 e. The van der Waals surface area contributed by atoms with E-state index in [4.69, 9.17) is 5.73 Å². The van der Waals surface area contributed by atoms with Gasteiger partial charge in [-0.1, -0.05) is 57.0 Å². The molecule has 1 rings (SSSR count). The number of Topliss-reactive ketones (excluding diaryl/α,β-unsaturated/α-hetero) is 1. The van der Waals surface area contributed by atoms with Crippen LogP contribution in [0, 0.1) is 5.92 Å². The number of carbonyl (C=O) groups is 1. The standard InChI is InChI=1S/C14H21NO/c1-3-7-11(2)10-13(16)14(15)12-8-5-4-6-9-12/h4-6,8-9,11,14H,3,7,10,15H2,1-2H3. The molecule has 0 spiro atoms. The first-order valence-electron chi connectivity index (χ1n) is 5.98. The van der Waals surface area contributed by atoms with Crippen molar-refractivity contribution in [3.63, 3.8) is 0 Å². The molecular formula is C14H21NO. The lowest BCUT2D eigenvalue weighted by molar-refractivity contribution is -0.121. The van der Waals surface area contributed by atoms with E-state index in [0.29, 0.717) is 12.3 Å². The van der Waals surface area contributed by atoms with Gasteiger partial charge in [0, 0.05) is 6.42 Å². The molecule has 0 saturated carbocycles. The van der Waals surface area contributed by atoms with Crippen molar-refractivity contribution < 1.29 is 4.79 Å². The summed E-state index contributed by atoms with van der Waals surface area (Å²) in [7, 11) is 0. The Morgan fingerprint density at radius 3 is 2.50 bits per heavy atom. The fourth-order valence-corrected chi connectivity index (χ4v) is 1.91. The van der Waals surface area contributed by atoms with Crippen molar-refractivity contribution in [2.75, 3.05) is 0 Å². The number of ketones is 1. The van der Waals surface area contributed by atoms with Crippen LogP contribution in [0.15, 0.2) is 30.3 Å². The van der Waals surface area contributed by atoms with Crippen molar-refractivity contribution >= 4 is 5.78 Å². The normalized spacial score (nSPS) is 14.4. The average molecular weight is 219 g/mol. The highest BCUT2D eigenvalue weighted by molar-refractivity contribution is 5.85. The Hall–Kier alpha value is -1.15. The number of rotatable bonds is 6. The van der Waals surface area contributed by atoms with Gasteiger partial charge in [0.2, 0.25) is 0 Å². The van der Waals surface area contributed by atoms with Crippen LogP contribution in [0.5, 0.6) is 0 Å². The summed E-state index contributed by atoms with van der Waals surface area (Å²) in [6.07, 6.45) is 2.80. The molecule has 1 aromatic carbocycles. The second-order valence-corrected chi connectivity index (χ2v) is 4.45. The molecule has 2 nitrogen and oxygen atoms in total. The highest BCUT2D eigenvalue weighted by Gasteiger charge is 2.17. The molecule has 88 valence electrons. The summed E-state index contributed by atoms with van der Waals surface area (Å²) in [6, 6.07) is 9.12. The molecule has 0 aromatic heterocycles. The number of nitrogens with two attached hydrogens (primary N) is 1. The van der Waals surface area contributed by atoms with Gasteiger partial charge in [-0.15, -0.1) is 0 Å². The molecule has 2 unspecified atom stereocenters. The predicted molar refractivity (Wildman–Crippen MR) is 67.1 cm³/mol. The van der Waals surface area contributed by atoms with Gasteiger partial charge in [0.15, 0.2) is 5.78 Å². The van der Waals surface area contributed by atoms with E-state index in [1.54, 1.807) is 0 Å². The van der Waals surface area contributed by atoms with Gasteiger partial charge in [-0.05, 0) is 11.5 Å². The summed E-state index contributed by atoms with van der Waals surface area (Å²) in [6.45, 7) is 4.25. The van der Waals surface area contributed by atoms with E-state index >= 15 is 0 Å². The van der Waals surface area contributed by atoms with Gasteiger partial charge in [0.25, 0.3) is 0 Å². The Bertz CT molecular complexity index is 321. The smallest absolute Gasteiger partial charge is 0.154 e. The van der Waals surface area contributed by atoms with Gasteiger partial charge < -0.3 is 5.73 Å². The number of hydrogen-bond acceptors (Lipinski definition) is 2. The van der Waals surface area contributed by atoms with Gasteiger partial charge in [-0.3, -0.25) is 4.79 Å². The Morgan fingerprint density at radius 2 is 1.94 bits per heavy atom. The van der Waals surface area contributed by atoms with Crippen LogP contribution in [0.3, 0.4) is 0 Å². The van der Waals surface area contributed by atoms with Crippen LogP contribution in [0.2, 0.25) is 0 Å². The SMILES string of the molecule is CCCC(C)CC(=O)C(N)c1ccccc1. The van der Waals surface area contributed by atoms with Crippen LogP contribution in [0.4, 0.5) is 0 Å². The maximum absolute atomic E-state index is 11.9. The second-order valence-electron chi connectivity index (χ2n) is 4.45. The van der Waals surface area contributed by atoms with Gasteiger partial charge in [-0.2, -0.15) is 0 Å². The summed E-state index contributed by atoms with van der Waals surface area (Å²) in [5.41, 5.74) is 6.85. The van der Waals surface area contributed by atoms with Crippen molar-refractivity contribution in [1.82, 2.24) is 0 Å². The van der Waals surface area contributed by atoms with Crippen LogP contribution >= 0.6 is 0 Å². The highest BCUT2D eigenvalue weighted by atomic mass is 16.1. The minimum atomic E-state index is -0.458. The van der Waals surface area contributed by atoms with Crippen molar-refractivity contribution in [3.05, 3.63) is 35.9 Å². The van der Waals surface area contributed by atoms with Crippen molar-refractivity contribution in [2.45, 2.75) is 39.2 Å². The highest BCUT2D eigenvalue weighted by Crippen LogP contribution is 2.17. The molecule has 0 aliphatic rings. The zero-order valence-electron chi connectivity index (χ0n) is 10.1. The van der Waals surface area contributed by atoms with Crippen LogP contribution in [-0.2, 0) is 4.79 Å². The first-order chi connectivity index (χ1) is 7.65. The summed E-state index contributed by atoms with van der Waals surface area (Å²) in [5.74, 6) is 0.583. The first-order valence-corrected chi connectivity index (χ1v) is 5.98. The van der Waals surface area contributed by atoms with E-state index in [-0.39, 0.29) is 5.78 Å². The molecule has 0 aliphatic heterocycles. The second kappa shape index (κ2) is 6.44. The molecule has 2 heteroatoms. The van der Waals surface area contributed by atoms with E-state index in [1.165, 1.54) is 0 Å². The maximum atomic E-state index is 11.9. The van der Waals surface area contributed by atoms with E-state index < -0.39 is 6.04 Å².